The van der Waals surface area contributed by atoms with Crippen LogP contribution in [0.5, 0.6) is 17.2 Å². The van der Waals surface area contributed by atoms with Gasteiger partial charge in [0.1, 0.15) is 22.8 Å². The molecular formula is C26H17BrO6. The largest absolute Gasteiger partial charge is 0.497 e. The fraction of sp³-hybridized carbons (Fsp3) is 0.0769. The summed E-state index contributed by atoms with van der Waals surface area (Å²) in [6, 6.07) is 17.5. The number of benzene rings is 3. The maximum Gasteiger partial charge on any atom is 0.379 e. The molecule has 0 atom stereocenters. The monoisotopic (exact) mass is 504 g/mol. The number of fused-ring (bicyclic) bond motifs is 2. The lowest BCUT2D eigenvalue weighted by Gasteiger charge is -2.06. The Labute approximate surface area is 197 Å². The van der Waals surface area contributed by atoms with E-state index >= 15 is 0 Å². The van der Waals surface area contributed by atoms with Crippen LogP contribution in [0.2, 0.25) is 0 Å². The molecule has 0 aliphatic carbocycles. The number of Topliss-reactive ketones (excluding diaryl/α,β-unsaturated/α-hetero) is 1. The van der Waals surface area contributed by atoms with Crippen LogP contribution < -0.4 is 14.2 Å². The highest BCUT2D eigenvalue weighted by atomic mass is 79.9. The van der Waals surface area contributed by atoms with E-state index in [0.717, 1.165) is 21.2 Å². The van der Waals surface area contributed by atoms with E-state index in [2.05, 4.69) is 15.9 Å². The minimum atomic E-state index is -0.639. The molecule has 164 valence electrons. The number of allylic oxidation sites excluding steroid dienone is 1. The molecule has 0 saturated heterocycles. The Hall–Kier alpha value is -3.84. The third-order valence-electron chi connectivity index (χ3n) is 5.25. The van der Waals surface area contributed by atoms with Crippen molar-refractivity contribution in [1.29, 1.82) is 0 Å². The molecule has 5 rings (SSSR count). The quantitative estimate of drug-likeness (QED) is 0.183. The molecule has 1 aromatic heterocycles. The van der Waals surface area contributed by atoms with Gasteiger partial charge in [-0.15, -0.1) is 0 Å². The third-order valence-corrected chi connectivity index (χ3v) is 5.74. The predicted octanol–water partition coefficient (Wildman–Crippen LogP) is 6.35. The lowest BCUT2D eigenvalue weighted by Crippen LogP contribution is -2.07. The second-order valence-electron chi connectivity index (χ2n) is 7.51. The topological polar surface area (TPSA) is 75.0 Å². The molecule has 0 unspecified atom stereocenters. The zero-order valence-corrected chi connectivity index (χ0v) is 19.3. The number of ketones is 1. The summed E-state index contributed by atoms with van der Waals surface area (Å²) in [5.41, 5.74) is 2.47. The molecule has 0 radical (unpaired) electrons. The molecule has 7 heteroatoms. The fourth-order valence-corrected chi connectivity index (χ4v) is 4.04. The summed E-state index contributed by atoms with van der Waals surface area (Å²) in [5, 5.41) is 0.781. The SMILES string of the molecule is COc1ccc(/C=C2\Oc3cc(OC(=O)c4cc5cc(Br)ccc5o4)cc(C)c3C2=O)cc1. The molecule has 1 aliphatic rings. The van der Waals surface area contributed by atoms with E-state index in [1.54, 1.807) is 50.4 Å². The van der Waals surface area contributed by atoms with Crippen LogP contribution in [0.4, 0.5) is 0 Å². The lowest BCUT2D eigenvalue weighted by molar-refractivity contribution is 0.0703. The first-order valence-corrected chi connectivity index (χ1v) is 10.8. The van der Waals surface area contributed by atoms with Crippen molar-refractivity contribution in [3.8, 4) is 17.2 Å². The number of furan rings is 1. The molecule has 0 N–H and O–H groups in total. The molecule has 2 heterocycles. The summed E-state index contributed by atoms with van der Waals surface area (Å²) >= 11 is 3.40. The van der Waals surface area contributed by atoms with Gasteiger partial charge < -0.3 is 18.6 Å². The number of ether oxygens (including phenoxy) is 3. The molecule has 33 heavy (non-hydrogen) atoms. The number of rotatable bonds is 4. The van der Waals surface area contributed by atoms with Crippen molar-refractivity contribution in [3.05, 3.63) is 93.3 Å². The number of hydrogen-bond acceptors (Lipinski definition) is 6. The van der Waals surface area contributed by atoms with Crippen LogP contribution in [-0.2, 0) is 0 Å². The van der Waals surface area contributed by atoms with Gasteiger partial charge in [0.25, 0.3) is 0 Å². The van der Waals surface area contributed by atoms with Gasteiger partial charge in [0, 0.05) is 15.9 Å². The first-order valence-electron chi connectivity index (χ1n) is 10.1. The molecule has 1 aliphatic heterocycles. The first-order chi connectivity index (χ1) is 15.9. The molecule has 0 amide bonds. The van der Waals surface area contributed by atoms with E-state index in [1.807, 2.05) is 24.3 Å². The second-order valence-corrected chi connectivity index (χ2v) is 8.42. The van der Waals surface area contributed by atoms with Gasteiger partial charge in [0.2, 0.25) is 11.5 Å². The van der Waals surface area contributed by atoms with Gasteiger partial charge in [-0.3, -0.25) is 4.79 Å². The normalized spacial score (nSPS) is 13.8. The van der Waals surface area contributed by atoms with Crippen LogP contribution in [0.15, 0.2) is 75.3 Å². The highest BCUT2D eigenvalue weighted by molar-refractivity contribution is 9.10. The molecule has 0 spiro atoms. The van der Waals surface area contributed by atoms with Crippen LogP contribution in [0.1, 0.15) is 32.0 Å². The average molecular weight is 505 g/mol. The zero-order valence-electron chi connectivity index (χ0n) is 17.7. The van der Waals surface area contributed by atoms with Crippen LogP contribution in [0.25, 0.3) is 17.0 Å². The molecule has 3 aromatic carbocycles. The maximum absolute atomic E-state index is 12.9. The molecule has 0 fully saturated rings. The van der Waals surface area contributed by atoms with Crippen molar-refractivity contribution in [2.45, 2.75) is 6.92 Å². The highest BCUT2D eigenvalue weighted by Crippen LogP contribution is 2.38. The minimum absolute atomic E-state index is 0.0818. The number of methoxy groups -OCH3 is 1. The number of carbonyl (C=O) groups is 2. The van der Waals surface area contributed by atoms with Gasteiger partial charge in [0.05, 0.1) is 12.7 Å². The van der Waals surface area contributed by atoms with E-state index < -0.39 is 5.97 Å². The van der Waals surface area contributed by atoms with Gasteiger partial charge >= 0.3 is 5.97 Å². The highest BCUT2D eigenvalue weighted by Gasteiger charge is 2.30. The molecular weight excluding hydrogens is 488 g/mol. The van der Waals surface area contributed by atoms with Gasteiger partial charge in [-0.1, -0.05) is 28.1 Å². The second kappa shape index (κ2) is 8.26. The summed E-state index contributed by atoms with van der Waals surface area (Å²) in [4.78, 5) is 25.5. The third kappa shape index (κ3) is 4.03. The zero-order chi connectivity index (χ0) is 23.1. The number of halogens is 1. The molecule has 4 aromatic rings. The van der Waals surface area contributed by atoms with Gasteiger partial charge in [-0.05, 0) is 66.6 Å². The van der Waals surface area contributed by atoms with Crippen molar-refractivity contribution in [1.82, 2.24) is 0 Å². The summed E-state index contributed by atoms with van der Waals surface area (Å²) in [6.45, 7) is 1.77. The summed E-state index contributed by atoms with van der Waals surface area (Å²) < 4.78 is 23.0. The Morgan fingerprint density at radius 3 is 2.55 bits per heavy atom. The van der Waals surface area contributed by atoms with E-state index in [1.165, 1.54) is 6.07 Å². The smallest absolute Gasteiger partial charge is 0.379 e. The lowest BCUT2D eigenvalue weighted by atomic mass is 10.0. The van der Waals surface area contributed by atoms with E-state index in [9.17, 15) is 9.59 Å². The van der Waals surface area contributed by atoms with Crippen LogP contribution in [0, 0.1) is 6.92 Å². The van der Waals surface area contributed by atoms with Crippen molar-refractivity contribution in [2.75, 3.05) is 7.11 Å². The maximum atomic E-state index is 12.9. The summed E-state index contributed by atoms with van der Waals surface area (Å²) in [7, 11) is 1.59. The van der Waals surface area contributed by atoms with Crippen molar-refractivity contribution in [3.63, 3.8) is 0 Å². The van der Waals surface area contributed by atoms with Gasteiger partial charge in [-0.2, -0.15) is 0 Å². The Kier molecular flexibility index (Phi) is 5.26. The first kappa shape index (κ1) is 21.0. The number of hydrogen-bond donors (Lipinski definition) is 0. The standard InChI is InChI=1S/C26H17BrO6/c1-14-9-19(31-26(29)23-12-16-11-17(27)5-8-20(16)32-23)13-21-24(14)25(28)22(33-21)10-15-3-6-18(30-2)7-4-15/h3-13H,1-2H3/b22-10-. The van der Waals surface area contributed by atoms with Crippen molar-refractivity contribution < 1.29 is 28.2 Å². The number of carbonyl (C=O) groups excluding carboxylic acids is 2. The van der Waals surface area contributed by atoms with Crippen LogP contribution in [0.3, 0.4) is 0 Å². The van der Waals surface area contributed by atoms with Crippen molar-refractivity contribution >= 4 is 44.7 Å². The Balaban J connectivity index is 1.39. The Bertz CT molecular complexity index is 1450. The van der Waals surface area contributed by atoms with Crippen LogP contribution in [-0.4, -0.2) is 18.9 Å². The van der Waals surface area contributed by atoms with E-state index in [4.69, 9.17) is 18.6 Å². The summed E-state index contributed by atoms with van der Waals surface area (Å²) in [6.07, 6.45) is 1.67. The summed E-state index contributed by atoms with van der Waals surface area (Å²) in [5.74, 6) is 0.743. The number of aryl methyl sites for hydroxylation is 1. The van der Waals surface area contributed by atoms with Gasteiger partial charge in [0.15, 0.2) is 5.76 Å². The molecule has 0 bridgehead atoms. The Morgan fingerprint density at radius 1 is 1.00 bits per heavy atom. The Morgan fingerprint density at radius 2 is 1.79 bits per heavy atom. The molecule has 0 saturated carbocycles. The van der Waals surface area contributed by atoms with Crippen molar-refractivity contribution in [2.24, 2.45) is 0 Å². The van der Waals surface area contributed by atoms with E-state index in [-0.39, 0.29) is 23.1 Å². The predicted molar refractivity (Wildman–Crippen MR) is 126 cm³/mol. The van der Waals surface area contributed by atoms with E-state index in [0.29, 0.717) is 22.5 Å². The van der Waals surface area contributed by atoms with Gasteiger partial charge in [-0.25, -0.2) is 4.79 Å². The average Bonchev–Trinajstić information content (AvgIpc) is 3.35. The number of esters is 1. The van der Waals surface area contributed by atoms with Crippen LogP contribution >= 0.6 is 15.9 Å². The molecule has 6 nitrogen and oxygen atoms in total. The minimum Gasteiger partial charge on any atom is -0.497 e. The fourth-order valence-electron chi connectivity index (χ4n) is 3.66.